The summed E-state index contributed by atoms with van der Waals surface area (Å²) in [6.45, 7) is 13.1. The lowest BCUT2D eigenvalue weighted by molar-refractivity contribution is 0.0285. The molecule has 0 saturated carbocycles. The summed E-state index contributed by atoms with van der Waals surface area (Å²) in [6.07, 6.45) is 3.21. The number of aromatic nitrogens is 3. The van der Waals surface area contributed by atoms with Crippen LogP contribution in [-0.2, 0) is 17.7 Å². The molecule has 7 heteroatoms. The zero-order valence-corrected chi connectivity index (χ0v) is 15.6. The van der Waals surface area contributed by atoms with E-state index >= 15 is 0 Å². The summed E-state index contributed by atoms with van der Waals surface area (Å²) in [4.78, 5) is 18.5. The van der Waals surface area contributed by atoms with Crippen LogP contribution in [0.3, 0.4) is 0 Å². The zero-order valence-electron chi connectivity index (χ0n) is 15.6. The van der Waals surface area contributed by atoms with Gasteiger partial charge in [0.25, 0.3) is 0 Å². The smallest absolute Gasteiger partial charge is 0.410 e. The maximum Gasteiger partial charge on any atom is 0.410 e. The number of ether oxygens (including phenoxy) is 1. The fourth-order valence-electron chi connectivity index (χ4n) is 3.18. The topological polar surface area (TPSA) is 72.3 Å². The van der Waals surface area contributed by atoms with Gasteiger partial charge in [0.05, 0.1) is 0 Å². The van der Waals surface area contributed by atoms with Gasteiger partial charge in [0.15, 0.2) is 0 Å². The molecule has 1 fully saturated rings. The van der Waals surface area contributed by atoms with Crippen molar-refractivity contribution >= 4 is 6.09 Å². The normalized spacial score (nSPS) is 19.5. The van der Waals surface area contributed by atoms with Gasteiger partial charge < -0.3 is 15.0 Å². The molecular weight excluding hydrogens is 306 g/mol. The van der Waals surface area contributed by atoms with E-state index in [1.165, 1.54) is 0 Å². The van der Waals surface area contributed by atoms with Crippen molar-refractivity contribution < 1.29 is 9.53 Å². The Morgan fingerprint density at radius 2 is 2.21 bits per heavy atom. The second-order valence-corrected chi connectivity index (χ2v) is 7.34. The Morgan fingerprint density at radius 1 is 1.46 bits per heavy atom. The SMILES string of the molecule is CCNC(Cc1ncnn1CC)C1CCN(C(=O)OC(C)(C)C)C1. The van der Waals surface area contributed by atoms with Crippen LogP contribution < -0.4 is 5.32 Å². The number of likely N-dealkylation sites (tertiary alicyclic amines) is 1. The number of carbonyl (C=O) groups excluding carboxylic acids is 1. The van der Waals surface area contributed by atoms with Crippen molar-refractivity contribution in [1.82, 2.24) is 25.0 Å². The van der Waals surface area contributed by atoms with Crippen LogP contribution in [0.2, 0.25) is 0 Å². The van der Waals surface area contributed by atoms with E-state index in [2.05, 4.69) is 29.2 Å². The molecule has 0 bridgehead atoms. The van der Waals surface area contributed by atoms with E-state index in [0.717, 1.165) is 44.8 Å². The highest BCUT2D eigenvalue weighted by Crippen LogP contribution is 2.24. The Balaban J connectivity index is 1.98. The first-order chi connectivity index (χ1) is 11.3. The molecular formula is C17H31N5O2. The molecule has 1 aliphatic rings. The van der Waals surface area contributed by atoms with Gasteiger partial charge in [-0.25, -0.2) is 9.78 Å². The minimum atomic E-state index is -0.451. The van der Waals surface area contributed by atoms with Crippen molar-refractivity contribution in [1.29, 1.82) is 0 Å². The average molecular weight is 337 g/mol. The van der Waals surface area contributed by atoms with E-state index in [9.17, 15) is 4.79 Å². The van der Waals surface area contributed by atoms with Crippen LogP contribution in [0.15, 0.2) is 6.33 Å². The molecule has 1 saturated heterocycles. The Labute approximate surface area is 144 Å². The Hall–Kier alpha value is -1.63. The number of rotatable bonds is 6. The molecule has 2 atom stereocenters. The van der Waals surface area contributed by atoms with Gasteiger partial charge in [-0.3, -0.25) is 4.68 Å². The molecule has 0 spiro atoms. The van der Waals surface area contributed by atoms with Gasteiger partial charge in [-0.1, -0.05) is 6.92 Å². The molecule has 1 N–H and O–H groups in total. The van der Waals surface area contributed by atoms with Gasteiger partial charge in [-0.2, -0.15) is 5.10 Å². The first-order valence-electron chi connectivity index (χ1n) is 8.92. The summed E-state index contributed by atoms with van der Waals surface area (Å²) in [5.41, 5.74) is -0.451. The highest BCUT2D eigenvalue weighted by Gasteiger charge is 2.34. The largest absolute Gasteiger partial charge is 0.444 e. The van der Waals surface area contributed by atoms with Crippen molar-refractivity contribution in [2.24, 2.45) is 5.92 Å². The Morgan fingerprint density at radius 3 is 2.83 bits per heavy atom. The lowest BCUT2D eigenvalue weighted by atomic mass is 9.95. The van der Waals surface area contributed by atoms with Gasteiger partial charge in [-0.15, -0.1) is 0 Å². The molecule has 136 valence electrons. The zero-order chi connectivity index (χ0) is 17.7. The third-order valence-corrected chi connectivity index (χ3v) is 4.31. The number of hydrogen-bond donors (Lipinski definition) is 1. The second-order valence-electron chi connectivity index (χ2n) is 7.34. The van der Waals surface area contributed by atoms with Crippen molar-refractivity contribution in [2.45, 2.75) is 65.6 Å². The van der Waals surface area contributed by atoms with Crippen molar-refractivity contribution in [3.63, 3.8) is 0 Å². The molecule has 1 amide bonds. The van der Waals surface area contributed by atoms with Crippen molar-refractivity contribution in [3.05, 3.63) is 12.2 Å². The minimum absolute atomic E-state index is 0.211. The molecule has 1 aromatic heterocycles. The molecule has 24 heavy (non-hydrogen) atoms. The number of aryl methyl sites for hydroxylation is 1. The number of nitrogens with zero attached hydrogens (tertiary/aromatic N) is 4. The summed E-state index contributed by atoms with van der Waals surface area (Å²) in [5.74, 6) is 1.40. The lowest BCUT2D eigenvalue weighted by Crippen LogP contribution is -2.41. The van der Waals surface area contributed by atoms with Crippen LogP contribution in [-0.4, -0.2) is 57.0 Å². The molecule has 0 radical (unpaired) electrons. The van der Waals surface area contributed by atoms with Crippen LogP contribution in [0.4, 0.5) is 4.79 Å². The third-order valence-electron chi connectivity index (χ3n) is 4.31. The molecule has 2 heterocycles. The number of likely N-dealkylation sites (N-methyl/N-ethyl adjacent to an activating group) is 1. The summed E-state index contributed by atoms with van der Waals surface area (Å²) in [6, 6.07) is 0.289. The van der Waals surface area contributed by atoms with Crippen LogP contribution in [0.1, 0.15) is 46.9 Å². The van der Waals surface area contributed by atoms with Gasteiger partial charge in [0.2, 0.25) is 0 Å². The highest BCUT2D eigenvalue weighted by molar-refractivity contribution is 5.68. The van der Waals surface area contributed by atoms with Crippen LogP contribution >= 0.6 is 0 Å². The predicted octanol–water partition coefficient (Wildman–Crippen LogP) is 2.08. The van der Waals surface area contributed by atoms with E-state index in [4.69, 9.17) is 4.74 Å². The predicted molar refractivity (Wildman–Crippen MR) is 92.8 cm³/mol. The first-order valence-corrected chi connectivity index (χ1v) is 8.92. The molecule has 7 nitrogen and oxygen atoms in total. The van der Waals surface area contributed by atoms with E-state index in [-0.39, 0.29) is 12.1 Å². The fourth-order valence-corrected chi connectivity index (χ4v) is 3.18. The van der Waals surface area contributed by atoms with Gasteiger partial charge in [-0.05, 0) is 46.6 Å². The van der Waals surface area contributed by atoms with Gasteiger partial charge in [0, 0.05) is 32.1 Å². The van der Waals surface area contributed by atoms with Gasteiger partial charge >= 0.3 is 6.09 Å². The van der Waals surface area contributed by atoms with E-state index < -0.39 is 5.60 Å². The number of hydrogen-bond acceptors (Lipinski definition) is 5. The quantitative estimate of drug-likeness (QED) is 0.860. The number of carbonyl (C=O) groups is 1. The van der Waals surface area contributed by atoms with Crippen LogP contribution in [0, 0.1) is 5.92 Å². The fraction of sp³-hybridized carbons (Fsp3) is 0.824. The summed E-state index contributed by atoms with van der Waals surface area (Å²) < 4.78 is 7.43. The molecule has 1 aliphatic heterocycles. The second kappa shape index (κ2) is 7.96. The number of nitrogens with one attached hydrogen (secondary N) is 1. The van der Waals surface area contributed by atoms with E-state index in [0.29, 0.717) is 5.92 Å². The highest BCUT2D eigenvalue weighted by atomic mass is 16.6. The Kier molecular flexibility index (Phi) is 6.21. The van der Waals surface area contributed by atoms with Gasteiger partial charge in [0.1, 0.15) is 17.8 Å². The van der Waals surface area contributed by atoms with Crippen LogP contribution in [0.5, 0.6) is 0 Å². The summed E-state index contributed by atoms with van der Waals surface area (Å²) >= 11 is 0. The summed E-state index contributed by atoms with van der Waals surface area (Å²) in [7, 11) is 0. The molecule has 0 aromatic carbocycles. The van der Waals surface area contributed by atoms with E-state index in [1.54, 1.807) is 6.33 Å². The van der Waals surface area contributed by atoms with E-state index in [1.807, 2.05) is 30.4 Å². The van der Waals surface area contributed by atoms with Crippen LogP contribution in [0.25, 0.3) is 0 Å². The maximum absolute atomic E-state index is 12.3. The monoisotopic (exact) mass is 337 g/mol. The first kappa shape index (κ1) is 18.7. The summed E-state index contributed by atoms with van der Waals surface area (Å²) in [5, 5.41) is 7.81. The Bertz CT molecular complexity index is 537. The molecule has 1 aromatic rings. The average Bonchev–Trinajstić information content (AvgIpc) is 3.14. The van der Waals surface area contributed by atoms with Crippen molar-refractivity contribution in [3.8, 4) is 0 Å². The molecule has 2 unspecified atom stereocenters. The standard InChI is InChI=1S/C17H31N5O2/c1-6-18-14(10-15-19-12-20-22(15)7-2)13-8-9-21(11-13)16(23)24-17(3,4)5/h12-14,18H,6-11H2,1-5H3. The number of amides is 1. The maximum atomic E-state index is 12.3. The lowest BCUT2D eigenvalue weighted by Gasteiger charge is -2.26. The third kappa shape index (κ3) is 4.93. The minimum Gasteiger partial charge on any atom is -0.444 e. The van der Waals surface area contributed by atoms with Crippen molar-refractivity contribution in [2.75, 3.05) is 19.6 Å². The molecule has 0 aliphatic carbocycles. The molecule has 2 rings (SSSR count).